The Bertz CT molecular complexity index is 444. The van der Waals surface area contributed by atoms with Crippen molar-refractivity contribution in [3.63, 3.8) is 0 Å². The molecule has 0 radical (unpaired) electrons. The van der Waals surface area contributed by atoms with E-state index in [1.807, 2.05) is 0 Å². The molecule has 1 saturated heterocycles. The number of sulfone groups is 1. The average Bonchev–Trinajstić information content (AvgIpc) is 2.59. The quantitative estimate of drug-likeness (QED) is 0.636. The summed E-state index contributed by atoms with van der Waals surface area (Å²) in [5.41, 5.74) is 0. The normalized spacial score (nSPS) is 24.3. The van der Waals surface area contributed by atoms with Crippen molar-refractivity contribution in [2.24, 2.45) is 0 Å². The average molecular weight is 284 g/mol. The third-order valence-corrected chi connectivity index (χ3v) is 7.22. The summed E-state index contributed by atoms with van der Waals surface area (Å²) in [6.07, 6.45) is 0.937. The van der Waals surface area contributed by atoms with Crippen LogP contribution in [-0.4, -0.2) is 65.1 Å². The molecule has 0 aromatic heterocycles. The zero-order valence-electron chi connectivity index (χ0n) is 10.2. The number of nitrogens with one attached hydrogen (secondary N) is 1. The summed E-state index contributed by atoms with van der Waals surface area (Å²) in [5, 5.41) is 2.18. The minimum Gasteiger partial charge on any atom is -0.320 e. The molecule has 0 spiro atoms. The van der Waals surface area contributed by atoms with Gasteiger partial charge in [0, 0.05) is 13.6 Å². The van der Waals surface area contributed by atoms with E-state index in [-0.39, 0.29) is 17.9 Å². The first kappa shape index (κ1) is 14.9. The Kier molecular flexibility index (Phi) is 4.94. The summed E-state index contributed by atoms with van der Waals surface area (Å²) < 4.78 is 47.9. The number of rotatable bonds is 6. The third kappa shape index (κ3) is 3.90. The van der Waals surface area contributed by atoms with E-state index in [0.717, 1.165) is 6.54 Å². The largest absolute Gasteiger partial charge is 0.320 e. The maximum Gasteiger partial charge on any atom is 0.217 e. The molecule has 0 amide bonds. The van der Waals surface area contributed by atoms with Crippen molar-refractivity contribution in [3.05, 3.63) is 0 Å². The lowest BCUT2D eigenvalue weighted by Gasteiger charge is -2.20. The molecule has 0 aliphatic carbocycles. The molecule has 0 aromatic rings. The lowest BCUT2D eigenvalue weighted by molar-refractivity contribution is 0.450. The Morgan fingerprint density at radius 3 is 2.53 bits per heavy atom. The van der Waals surface area contributed by atoms with E-state index in [1.165, 1.54) is 11.4 Å². The molecular formula is C9H20N2O4S2. The highest BCUT2D eigenvalue weighted by atomic mass is 32.2. The standard InChI is InChI=1S/C9H20N2O4S2/c1-10-5-3-6-11(2)17(14,15)9-4-7-16(12,13)8-9/h9-10H,3-8H2,1-2H3. The Morgan fingerprint density at radius 2 is 2.06 bits per heavy atom. The highest BCUT2D eigenvalue weighted by Crippen LogP contribution is 2.21. The lowest BCUT2D eigenvalue weighted by Crippen LogP contribution is -2.38. The van der Waals surface area contributed by atoms with Crippen LogP contribution in [0.1, 0.15) is 12.8 Å². The maximum absolute atomic E-state index is 12.1. The molecule has 1 rings (SSSR count). The predicted octanol–water partition coefficient (Wildman–Crippen LogP) is -0.955. The van der Waals surface area contributed by atoms with E-state index < -0.39 is 25.1 Å². The number of nitrogens with zero attached hydrogens (tertiary/aromatic N) is 1. The van der Waals surface area contributed by atoms with Gasteiger partial charge in [-0.15, -0.1) is 0 Å². The van der Waals surface area contributed by atoms with E-state index in [9.17, 15) is 16.8 Å². The Labute approximate surface area is 103 Å². The molecule has 1 unspecified atom stereocenters. The first-order chi connectivity index (χ1) is 7.79. The molecule has 1 N–H and O–H groups in total. The van der Waals surface area contributed by atoms with Gasteiger partial charge in [-0.2, -0.15) is 0 Å². The van der Waals surface area contributed by atoms with E-state index in [4.69, 9.17) is 0 Å². The fourth-order valence-electron chi connectivity index (χ4n) is 1.86. The van der Waals surface area contributed by atoms with E-state index >= 15 is 0 Å². The fourth-order valence-corrected chi connectivity index (χ4v) is 6.17. The molecule has 1 aliphatic heterocycles. The first-order valence-electron chi connectivity index (χ1n) is 5.60. The summed E-state index contributed by atoms with van der Waals surface area (Å²) in [4.78, 5) is 0. The Morgan fingerprint density at radius 1 is 1.41 bits per heavy atom. The second kappa shape index (κ2) is 5.64. The van der Waals surface area contributed by atoms with Crippen LogP contribution < -0.4 is 5.32 Å². The van der Waals surface area contributed by atoms with Gasteiger partial charge >= 0.3 is 0 Å². The Balaban J connectivity index is 2.62. The number of sulfonamides is 1. The number of hydrogen-bond donors (Lipinski definition) is 1. The molecule has 0 aromatic carbocycles. The SMILES string of the molecule is CNCCCN(C)S(=O)(=O)C1CCS(=O)(=O)C1. The van der Waals surface area contributed by atoms with Gasteiger partial charge in [-0.25, -0.2) is 21.1 Å². The van der Waals surface area contributed by atoms with Crippen molar-refractivity contribution in [3.8, 4) is 0 Å². The van der Waals surface area contributed by atoms with Crippen molar-refractivity contribution >= 4 is 19.9 Å². The van der Waals surface area contributed by atoms with Crippen LogP contribution in [-0.2, 0) is 19.9 Å². The molecule has 6 nitrogen and oxygen atoms in total. The second-order valence-electron chi connectivity index (χ2n) is 4.35. The van der Waals surface area contributed by atoms with E-state index in [1.54, 1.807) is 7.05 Å². The van der Waals surface area contributed by atoms with E-state index in [2.05, 4.69) is 5.32 Å². The van der Waals surface area contributed by atoms with E-state index in [0.29, 0.717) is 13.0 Å². The molecule has 1 heterocycles. The van der Waals surface area contributed by atoms with Crippen LogP contribution >= 0.6 is 0 Å². The van der Waals surface area contributed by atoms with Gasteiger partial charge in [0.05, 0.1) is 16.8 Å². The van der Waals surface area contributed by atoms with Crippen LogP contribution in [0.5, 0.6) is 0 Å². The van der Waals surface area contributed by atoms with Crippen LogP contribution in [0.15, 0.2) is 0 Å². The van der Waals surface area contributed by atoms with Crippen LogP contribution in [0.2, 0.25) is 0 Å². The highest BCUT2D eigenvalue weighted by molar-refractivity contribution is 7.95. The molecule has 102 valence electrons. The predicted molar refractivity (Wildman–Crippen MR) is 67.2 cm³/mol. The lowest BCUT2D eigenvalue weighted by atomic mass is 10.4. The highest BCUT2D eigenvalue weighted by Gasteiger charge is 2.38. The van der Waals surface area contributed by atoms with Crippen molar-refractivity contribution in [2.45, 2.75) is 18.1 Å². The zero-order valence-corrected chi connectivity index (χ0v) is 11.8. The molecular weight excluding hydrogens is 264 g/mol. The van der Waals surface area contributed by atoms with Gasteiger partial charge in [0.1, 0.15) is 0 Å². The van der Waals surface area contributed by atoms with Gasteiger partial charge in [0.15, 0.2) is 9.84 Å². The summed E-state index contributed by atoms with van der Waals surface area (Å²) in [6, 6.07) is 0. The molecule has 1 fully saturated rings. The summed E-state index contributed by atoms with van der Waals surface area (Å²) in [6.45, 7) is 1.16. The molecule has 8 heteroatoms. The summed E-state index contributed by atoms with van der Waals surface area (Å²) >= 11 is 0. The number of hydrogen-bond acceptors (Lipinski definition) is 5. The molecule has 1 aliphatic rings. The Hall–Kier alpha value is -0.180. The smallest absolute Gasteiger partial charge is 0.217 e. The van der Waals surface area contributed by atoms with Gasteiger partial charge in [-0.1, -0.05) is 0 Å². The third-order valence-electron chi connectivity index (χ3n) is 2.95. The summed E-state index contributed by atoms with van der Waals surface area (Å²) in [5.74, 6) is -0.243. The van der Waals surface area contributed by atoms with Crippen LogP contribution in [0.3, 0.4) is 0 Å². The van der Waals surface area contributed by atoms with Gasteiger partial charge in [-0.3, -0.25) is 0 Å². The zero-order chi connectivity index (χ0) is 13.1. The van der Waals surface area contributed by atoms with Gasteiger partial charge < -0.3 is 5.32 Å². The molecule has 17 heavy (non-hydrogen) atoms. The van der Waals surface area contributed by atoms with Gasteiger partial charge in [0.25, 0.3) is 0 Å². The fraction of sp³-hybridized carbons (Fsp3) is 1.00. The summed E-state index contributed by atoms with van der Waals surface area (Å²) in [7, 11) is -3.31. The van der Waals surface area contributed by atoms with Crippen LogP contribution in [0, 0.1) is 0 Å². The van der Waals surface area contributed by atoms with Crippen molar-refractivity contribution < 1.29 is 16.8 Å². The monoisotopic (exact) mass is 284 g/mol. The second-order valence-corrected chi connectivity index (χ2v) is 8.90. The van der Waals surface area contributed by atoms with Crippen molar-refractivity contribution in [2.75, 3.05) is 38.7 Å². The molecule has 1 atom stereocenters. The van der Waals surface area contributed by atoms with Crippen LogP contribution in [0.25, 0.3) is 0 Å². The van der Waals surface area contributed by atoms with Crippen molar-refractivity contribution in [1.29, 1.82) is 0 Å². The van der Waals surface area contributed by atoms with Crippen molar-refractivity contribution in [1.82, 2.24) is 9.62 Å². The van der Waals surface area contributed by atoms with Crippen LogP contribution in [0.4, 0.5) is 0 Å². The topological polar surface area (TPSA) is 83.6 Å². The minimum absolute atomic E-state index is 0.0126. The van der Waals surface area contributed by atoms with Gasteiger partial charge in [-0.05, 0) is 26.4 Å². The maximum atomic E-state index is 12.1. The molecule has 0 bridgehead atoms. The molecule has 0 saturated carbocycles. The minimum atomic E-state index is -3.46. The van der Waals surface area contributed by atoms with Gasteiger partial charge in [0.2, 0.25) is 10.0 Å². The first-order valence-corrected chi connectivity index (χ1v) is 8.92.